The van der Waals surface area contributed by atoms with Crippen molar-refractivity contribution in [2.24, 2.45) is 0 Å². The number of anilines is 1. The highest BCUT2D eigenvalue weighted by molar-refractivity contribution is 7.13. The number of thiazole rings is 1. The van der Waals surface area contributed by atoms with Crippen molar-refractivity contribution < 1.29 is 4.79 Å². The molecule has 0 spiro atoms. The lowest BCUT2D eigenvalue weighted by Crippen LogP contribution is -2.29. The highest BCUT2D eigenvalue weighted by atomic mass is 32.1. The largest absolute Gasteiger partial charge is 0.302 e. The molecule has 1 aliphatic heterocycles. The number of pyridine rings is 1. The Kier molecular flexibility index (Phi) is 6.46. The normalized spacial score (nSPS) is 14.5. The minimum absolute atomic E-state index is 0.0637. The fourth-order valence-corrected chi connectivity index (χ4v) is 5.35. The molecule has 1 aliphatic rings. The van der Waals surface area contributed by atoms with Gasteiger partial charge in [-0.25, -0.2) is 4.98 Å². The van der Waals surface area contributed by atoms with Gasteiger partial charge < -0.3 is 5.32 Å². The highest BCUT2D eigenvalue weighted by Gasteiger charge is 2.18. The van der Waals surface area contributed by atoms with Crippen LogP contribution in [-0.4, -0.2) is 33.9 Å². The molecule has 33 heavy (non-hydrogen) atoms. The number of amides is 1. The molecule has 168 valence electrons. The van der Waals surface area contributed by atoms with Crippen LogP contribution in [0.3, 0.4) is 0 Å². The van der Waals surface area contributed by atoms with E-state index in [1.54, 1.807) is 0 Å². The fraction of sp³-hybridized carbons (Fsp3) is 0.296. The lowest BCUT2D eigenvalue weighted by molar-refractivity contribution is -0.115. The molecule has 6 heteroatoms. The molecule has 0 radical (unpaired) electrons. The third-order valence-electron chi connectivity index (χ3n) is 6.23. The highest BCUT2D eigenvalue weighted by Crippen LogP contribution is 2.33. The van der Waals surface area contributed by atoms with Gasteiger partial charge in [0.05, 0.1) is 17.6 Å². The van der Waals surface area contributed by atoms with Crippen molar-refractivity contribution in [3.63, 3.8) is 0 Å². The molecule has 1 saturated heterocycles. The van der Waals surface area contributed by atoms with Gasteiger partial charge in [-0.15, -0.1) is 11.3 Å². The van der Waals surface area contributed by atoms with Crippen LogP contribution < -0.4 is 5.32 Å². The van der Waals surface area contributed by atoms with Crippen LogP contribution in [0.5, 0.6) is 0 Å². The zero-order chi connectivity index (χ0) is 22.6. The maximum Gasteiger partial charge on any atom is 0.230 e. The Morgan fingerprint density at radius 3 is 2.58 bits per heavy atom. The maximum absolute atomic E-state index is 13.1. The number of nitrogens with zero attached hydrogens (tertiary/aromatic N) is 3. The van der Waals surface area contributed by atoms with Crippen molar-refractivity contribution in [3.8, 4) is 11.1 Å². The van der Waals surface area contributed by atoms with Crippen LogP contribution in [0, 0.1) is 6.92 Å². The Hall–Kier alpha value is -3.09. The first-order chi connectivity index (χ1) is 16.2. The van der Waals surface area contributed by atoms with Gasteiger partial charge in [0.25, 0.3) is 0 Å². The van der Waals surface area contributed by atoms with Crippen LogP contribution in [0.1, 0.15) is 36.2 Å². The summed E-state index contributed by atoms with van der Waals surface area (Å²) >= 11 is 1.50. The summed E-state index contributed by atoms with van der Waals surface area (Å²) in [6.45, 7) is 5.12. The molecule has 1 N–H and O–H groups in total. The molecule has 0 bridgehead atoms. The first kappa shape index (κ1) is 21.7. The second kappa shape index (κ2) is 9.81. The van der Waals surface area contributed by atoms with Gasteiger partial charge in [-0.2, -0.15) is 0 Å². The number of para-hydroxylation sites is 1. The molecular weight excluding hydrogens is 428 g/mol. The van der Waals surface area contributed by atoms with Crippen LogP contribution in [0.2, 0.25) is 0 Å². The number of benzene rings is 2. The minimum Gasteiger partial charge on any atom is -0.302 e. The summed E-state index contributed by atoms with van der Waals surface area (Å²) in [5.74, 6) is -0.0637. The van der Waals surface area contributed by atoms with Gasteiger partial charge in [0, 0.05) is 23.0 Å². The monoisotopic (exact) mass is 456 g/mol. The van der Waals surface area contributed by atoms with Crippen molar-refractivity contribution in [1.29, 1.82) is 0 Å². The van der Waals surface area contributed by atoms with Crippen LogP contribution in [-0.2, 0) is 17.8 Å². The zero-order valence-electron chi connectivity index (χ0n) is 18.9. The number of aryl methyl sites for hydroxylation is 1. The Bertz CT molecular complexity index is 1260. The second-order valence-corrected chi connectivity index (χ2v) is 9.50. The lowest BCUT2D eigenvalue weighted by atomic mass is 9.92. The van der Waals surface area contributed by atoms with E-state index in [2.05, 4.69) is 38.8 Å². The number of carbonyl (C=O) groups excluding carboxylic acids is 1. The number of rotatable bonds is 6. The molecule has 0 unspecified atom stereocenters. The maximum atomic E-state index is 13.1. The average Bonchev–Trinajstić information content (AvgIpc) is 3.27. The summed E-state index contributed by atoms with van der Waals surface area (Å²) in [6.07, 6.45) is 4.10. The third kappa shape index (κ3) is 4.97. The van der Waals surface area contributed by atoms with Gasteiger partial charge in [-0.3, -0.25) is 14.7 Å². The quantitative estimate of drug-likeness (QED) is 0.396. The van der Waals surface area contributed by atoms with E-state index in [0.717, 1.165) is 58.6 Å². The Labute approximate surface area is 198 Å². The predicted molar refractivity (Wildman–Crippen MR) is 135 cm³/mol. The molecule has 0 atom stereocenters. The molecule has 1 fully saturated rings. The Morgan fingerprint density at radius 2 is 1.76 bits per heavy atom. The molecule has 0 saturated carbocycles. The summed E-state index contributed by atoms with van der Waals surface area (Å²) in [5, 5.41) is 6.81. The molecule has 4 aromatic rings. The topological polar surface area (TPSA) is 58.1 Å². The summed E-state index contributed by atoms with van der Waals surface area (Å²) in [5.41, 5.74) is 6.00. The van der Waals surface area contributed by atoms with E-state index in [1.165, 1.54) is 30.6 Å². The standard InChI is InChI=1S/C27H28N4OS/c1-19-23(26(20-10-4-2-5-11-20)22-12-6-7-13-24(22)28-19)16-25(32)30-27-29-21(18-33-27)17-31-14-8-3-9-15-31/h2,4-7,10-13,18H,3,8-9,14-17H2,1H3,(H,29,30,32). The van der Waals surface area contributed by atoms with Crippen molar-refractivity contribution >= 4 is 33.3 Å². The Morgan fingerprint density at radius 1 is 1.00 bits per heavy atom. The van der Waals surface area contributed by atoms with E-state index in [4.69, 9.17) is 4.98 Å². The van der Waals surface area contributed by atoms with Gasteiger partial charge in [0.1, 0.15) is 0 Å². The van der Waals surface area contributed by atoms with Gasteiger partial charge in [0.15, 0.2) is 5.13 Å². The average molecular weight is 457 g/mol. The number of hydrogen-bond donors (Lipinski definition) is 1. The number of carbonyl (C=O) groups is 1. The summed E-state index contributed by atoms with van der Waals surface area (Å²) in [7, 11) is 0. The molecule has 5 nitrogen and oxygen atoms in total. The van der Waals surface area contributed by atoms with Gasteiger partial charge >= 0.3 is 0 Å². The summed E-state index contributed by atoms with van der Waals surface area (Å²) in [4.78, 5) is 25.0. The molecule has 1 amide bonds. The Balaban J connectivity index is 1.38. The van der Waals surface area contributed by atoms with E-state index in [1.807, 2.05) is 43.3 Å². The van der Waals surface area contributed by atoms with E-state index in [0.29, 0.717) is 5.13 Å². The van der Waals surface area contributed by atoms with Crippen molar-refractivity contribution in [1.82, 2.24) is 14.9 Å². The van der Waals surface area contributed by atoms with Crippen LogP contribution in [0.25, 0.3) is 22.0 Å². The number of piperidine rings is 1. The first-order valence-electron chi connectivity index (χ1n) is 11.6. The number of hydrogen-bond acceptors (Lipinski definition) is 5. The zero-order valence-corrected chi connectivity index (χ0v) is 19.7. The number of nitrogens with one attached hydrogen (secondary N) is 1. The van der Waals surface area contributed by atoms with E-state index >= 15 is 0 Å². The van der Waals surface area contributed by atoms with Crippen LogP contribution >= 0.6 is 11.3 Å². The molecule has 5 rings (SSSR count). The van der Waals surface area contributed by atoms with Crippen LogP contribution in [0.15, 0.2) is 60.0 Å². The molecule has 2 aromatic carbocycles. The number of fused-ring (bicyclic) bond motifs is 1. The third-order valence-corrected chi connectivity index (χ3v) is 7.04. The SMILES string of the molecule is Cc1nc2ccccc2c(-c2ccccc2)c1CC(=O)Nc1nc(CN2CCCCC2)cs1. The van der Waals surface area contributed by atoms with E-state index in [-0.39, 0.29) is 12.3 Å². The van der Waals surface area contributed by atoms with Crippen molar-refractivity contribution in [2.75, 3.05) is 18.4 Å². The van der Waals surface area contributed by atoms with Crippen molar-refractivity contribution in [2.45, 2.75) is 39.2 Å². The summed E-state index contributed by atoms with van der Waals surface area (Å²) < 4.78 is 0. The predicted octanol–water partition coefficient (Wildman–Crippen LogP) is 5.83. The van der Waals surface area contributed by atoms with Crippen LogP contribution in [0.4, 0.5) is 5.13 Å². The number of aromatic nitrogens is 2. The molecular formula is C27H28N4OS. The smallest absolute Gasteiger partial charge is 0.230 e. The van der Waals surface area contributed by atoms with Gasteiger partial charge in [-0.05, 0) is 55.6 Å². The molecule has 3 heterocycles. The summed E-state index contributed by atoms with van der Waals surface area (Å²) in [6, 6.07) is 18.4. The van der Waals surface area contributed by atoms with Crippen molar-refractivity contribution in [3.05, 3.63) is 76.9 Å². The van der Waals surface area contributed by atoms with E-state index in [9.17, 15) is 4.79 Å². The lowest BCUT2D eigenvalue weighted by Gasteiger charge is -2.25. The molecule has 2 aromatic heterocycles. The van der Waals surface area contributed by atoms with E-state index < -0.39 is 0 Å². The first-order valence-corrected chi connectivity index (χ1v) is 12.5. The molecule has 0 aliphatic carbocycles. The minimum atomic E-state index is -0.0637. The second-order valence-electron chi connectivity index (χ2n) is 8.64. The van der Waals surface area contributed by atoms with Gasteiger partial charge in [-0.1, -0.05) is 55.0 Å². The number of likely N-dealkylation sites (tertiary alicyclic amines) is 1. The fourth-order valence-electron chi connectivity index (χ4n) is 4.63. The van der Waals surface area contributed by atoms with Gasteiger partial charge in [0.2, 0.25) is 5.91 Å².